The minimum absolute atomic E-state index is 0. The molecule has 46 heavy (non-hydrogen) atoms. The Kier molecular flexibility index (Phi) is 8.97. The standard InChI is InChI=1S/C40H36N4O.Pt/c1-6-7-17-36-40(39-27(3)12-10-13-28(39)4)29(5)42-44(36)30-14-11-15-31(24-30)45-32-19-20-34-33-16-8-9-18-35(33)43(37(34)25-32)38-23-26(2)21-22-41-38;/h8-16,18-23H,6-7,17H2,1-5H3;/q-2;+2. The maximum Gasteiger partial charge on any atom is 2.00 e. The molecule has 0 radical (unpaired) electrons. The molecule has 0 amide bonds. The molecule has 0 aliphatic rings. The van der Waals surface area contributed by atoms with E-state index in [-0.39, 0.29) is 21.1 Å². The van der Waals surface area contributed by atoms with E-state index in [9.17, 15) is 0 Å². The third kappa shape index (κ3) is 5.69. The first-order chi connectivity index (χ1) is 21.9. The van der Waals surface area contributed by atoms with E-state index in [1.165, 1.54) is 27.9 Å². The van der Waals surface area contributed by atoms with Crippen LogP contribution in [0.4, 0.5) is 0 Å². The summed E-state index contributed by atoms with van der Waals surface area (Å²) >= 11 is 0. The number of pyridine rings is 1. The van der Waals surface area contributed by atoms with Gasteiger partial charge in [-0.05, 0) is 92.1 Å². The molecule has 0 atom stereocenters. The van der Waals surface area contributed by atoms with Crippen LogP contribution >= 0.6 is 0 Å². The summed E-state index contributed by atoms with van der Waals surface area (Å²) in [7, 11) is 0. The minimum atomic E-state index is 0. The normalized spacial score (nSPS) is 11.2. The van der Waals surface area contributed by atoms with Crippen molar-refractivity contribution in [2.45, 2.75) is 53.9 Å². The number of benzene rings is 4. The molecule has 7 rings (SSSR count). The van der Waals surface area contributed by atoms with Crippen LogP contribution in [-0.2, 0) is 27.5 Å². The first-order valence-corrected chi connectivity index (χ1v) is 15.7. The summed E-state index contributed by atoms with van der Waals surface area (Å²) in [6, 6.07) is 36.2. The van der Waals surface area contributed by atoms with Gasteiger partial charge in [0.15, 0.2) is 0 Å². The van der Waals surface area contributed by atoms with E-state index in [1.54, 1.807) is 0 Å². The summed E-state index contributed by atoms with van der Waals surface area (Å²) in [6.07, 6.45) is 4.97. The molecule has 3 heterocycles. The van der Waals surface area contributed by atoms with Crippen LogP contribution in [-0.4, -0.2) is 19.3 Å². The first-order valence-electron chi connectivity index (χ1n) is 15.7. The molecule has 232 valence electrons. The molecule has 5 nitrogen and oxygen atoms in total. The quantitative estimate of drug-likeness (QED) is 0.144. The molecule has 3 aromatic heterocycles. The Morgan fingerprint density at radius 2 is 1.52 bits per heavy atom. The number of aryl methyl sites for hydroxylation is 4. The van der Waals surface area contributed by atoms with Gasteiger partial charge in [-0.15, -0.1) is 35.7 Å². The molecule has 6 heteroatoms. The zero-order chi connectivity index (χ0) is 31.1. The Balaban J connectivity index is 0.00000372. The fraction of sp³-hybridized carbons (Fsp3) is 0.200. The van der Waals surface area contributed by atoms with Gasteiger partial charge in [0.1, 0.15) is 5.82 Å². The van der Waals surface area contributed by atoms with E-state index < -0.39 is 0 Å². The fourth-order valence-electron chi connectivity index (χ4n) is 6.44. The summed E-state index contributed by atoms with van der Waals surface area (Å²) < 4.78 is 10.7. The van der Waals surface area contributed by atoms with Gasteiger partial charge in [0.2, 0.25) is 0 Å². The molecule has 4 aromatic carbocycles. The van der Waals surface area contributed by atoms with Crippen molar-refractivity contribution in [3.8, 4) is 34.1 Å². The summed E-state index contributed by atoms with van der Waals surface area (Å²) in [5, 5.41) is 7.33. The SMILES string of the molecule is CCCCc1c(-c2c(C)cccc2C)c(C)nn1-c1[c-]c(Oc2[c-]c3c(cc2)c2ccccc2n3-c2cc(C)ccn2)ccc1.[Pt+2]. The molecule has 7 aromatic rings. The van der Waals surface area contributed by atoms with E-state index in [2.05, 4.69) is 117 Å². The number of aromatic nitrogens is 4. The number of nitrogens with zero attached hydrogens (tertiary/aromatic N) is 4. The second-order valence-corrected chi connectivity index (χ2v) is 11.8. The molecule has 0 unspecified atom stereocenters. The Hall–Kier alpha value is -4.47. The van der Waals surface area contributed by atoms with Crippen LogP contribution in [0, 0.1) is 39.8 Å². The number of para-hydroxylation sites is 1. The molecule has 0 aliphatic carbocycles. The second-order valence-electron chi connectivity index (χ2n) is 11.8. The zero-order valence-electron chi connectivity index (χ0n) is 26.8. The predicted molar refractivity (Wildman–Crippen MR) is 183 cm³/mol. The minimum Gasteiger partial charge on any atom is -0.509 e. The van der Waals surface area contributed by atoms with Gasteiger partial charge in [0.25, 0.3) is 0 Å². The Labute approximate surface area is 285 Å². The smallest absolute Gasteiger partial charge is 0.509 e. The van der Waals surface area contributed by atoms with E-state index >= 15 is 0 Å². The molecule has 0 bridgehead atoms. The molecule has 0 N–H and O–H groups in total. The maximum absolute atomic E-state index is 6.45. The number of fused-ring (bicyclic) bond motifs is 3. The summed E-state index contributed by atoms with van der Waals surface area (Å²) in [4.78, 5) is 4.70. The van der Waals surface area contributed by atoms with Crippen LogP contribution in [0.25, 0.3) is 44.4 Å². The van der Waals surface area contributed by atoms with Gasteiger partial charge in [-0.25, -0.2) is 4.98 Å². The van der Waals surface area contributed by atoms with Crippen LogP contribution in [0.2, 0.25) is 0 Å². The van der Waals surface area contributed by atoms with Crippen LogP contribution < -0.4 is 4.74 Å². The third-order valence-electron chi connectivity index (χ3n) is 8.54. The van der Waals surface area contributed by atoms with Crippen LogP contribution in [0.5, 0.6) is 11.5 Å². The van der Waals surface area contributed by atoms with Gasteiger partial charge in [0.05, 0.1) is 5.69 Å². The van der Waals surface area contributed by atoms with E-state index in [0.29, 0.717) is 11.5 Å². The molecule has 0 fully saturated rings. The topological polar surface area (TPSA) is 44.9 Å². The number of unbranched alkanes of at least 4 members (excludes halogenated alkanes) is 1. The van der Waals surface area contributed by atoms with Gasteiger partial charge in [0, 0.05) is 34.5 Å². The van der Waals surface area contributed by atoms with Gasteiger partial charge >= 0.3 is 21.1 Å². The van der Waals surface area contributed by atoms with Crippen molar-refractivity contribution < 1.29 is 25.8 Å². The van der Waals surface area contributed by atoms with Crippen molar-refractivity contribution in [3.63, 3.8) is 0 Å². The van der Waals surface area contributed by atoms with Crippen LogP contribution in [0.15, 0.2) is 91.1 Å². The van der Waals surface area contributed by atoms with Crippen LogP contribution in [0.3, 0.4) is 0 Å². The number of ether oxygens (including phenoxy) is 1. The molecule has 0 saturated carbocycles. The second kappa shape index (κ2) is 13.1. The van der Waals surface area contributed by atoms with Crippen molar-refractivity contribution >= 4 is 21.8 Å². The number of hydrogen-bond donors (Lipinski definition) is 0. The third-order valence-corrected chi connectivity index (χ3v) is 8.54. The summed E-state index contributed by atoms with van der Waals surface area (Å²) in [5.41, 5.74) is 11.3. The number of rotatable bonds is 8. The van der Waals surface area contributed by atoms with E-state index in [4.69, 9.17) is 14.8 Å². The fourth-order valence-corrected chi connectivity index (χ4v) is 6.44. The largest absolute Gasteiger partial charge is 2.00 e. The van der Waals surface area contributed by atoms with Crippen molar-refractivity contribution in [2.75, 3.05) is 0 Å². The van der Waals surface area contributed by atoms with Gasteiger partial charge in [-0.2, -0.15) is 17.2 Å². The Morgan fingerprint density at radius 1 is 0.761 bits per heavy atom. The van der Waals surface area contributed by atoms with Crippen LogP contribution in [0.1, 0.15) is 47.8 Å². The summed E-state index contributed by atoms with van der Waals surface area (Å²) in [5.74, 6) is 2.09. The van der Waals surface area contributed by atoms with Crippen molar-refractivity contribution in [2.24, 2.45) is 0 Å². The molecule has 0 spiro atoms. The molecule has 0 saturated heterocycles. The Morgan fingerprint density at radius 3 is 2.30 bits per heavy atom. The first kappa shape index (κ1) is 31.5. The Bertz CT molecular complexity index is 2170. The average molecular weight is 784 g/mol. The molecular weight excluding hydrogens is 748 g/mol. The van der Waals surface area contributed by atoms with Crippen molar-refractivity contribution in [3.05, 3.63) is 131 Å². The summed E-state index contributed by atoms with van der Waals surface area (Å²) in [6.45, 7) is 10.8. The predicted octanol–water partition coefficient (Wildman–Crippen LogP) is 10.00. The maximum atomic E-state index is 6.45. The van der Waals surface area contributed by atoms with E-state index in [1.807, 2.05) is 30.5 Å². The average Bonchev–Trinajstić information content (AvgIpc) is 3.54. The molecular formula is C40H36N4OPt. The van der Waals surface area contributed by atoms with Crippen molar-refractivity contribution in [1.82, 2.24) is 19.3 Å². The van der Waals surface area contributed by atoms with Gasteiger partial charge in [-0.3, -0.25) is 4.68 Å². The van der Waals surface area contributed by atoms with Gasteiger partial charge < -0.3 is 9.30 Å². The monoisotopic (exact) mass is 783 g/mol. The molecule has 0 aliphatic heterocycles. The van der Waals surface area contributed by atoms with E-state index in [0.717, 1.165) is 63.8 Å². The zero-order valence-corrected chi connectivity index (χ0v) is 29.1. The number of hydrogen-bond acceptors (Lipinski definition) is 3. The van der Waals surface area contributed by atoms with Crippen molar-refractivity contribution in [1.29, 1.82) is 0 Å². The van der Waals surface area contributed by atoms with Gasteiger partial charge in [-0.1, -0.05) is 55.3 Å².